The number of carboxylic acids is 1. The highest BCUT2D eigenvalue weighted by Crippen LogP contribution is 2.22. The fourth-order valence-corrected chi connectivity index (χ4v) is 2.09. The molecule has 92 valence electrons. The molecule has 0 atom stereocenters. The summed E-state index contributed by atoms with van der Waals surface area (Å²) in [5.41, 5.74) is 6.43. The highest BCUT2D eigenvalue weighted by atomic mass is 16.4. The van der Waals surface area contributed by atoms with E-state index in [0.29, 0.717) is 25.9 Å². The van der Waals surface area contributed by atoms with Gasteiger partial charge in [-0.25, -0.2) is 4.98 Å². The van der Waals surface area contributed by atoms with E-state index in [2.05, 4.69) is 14.9 Å². The van der Waals surface area contributed by atoms with E-state index in [9.17, 15) is 4.79 Å². The summed E-state index contributed by atoms with van der Waals surface area (Å²) < 4.78 is 0. The van der Waals surface area contributed by atoms with Crippen molar-refractivity contribution in [1.82, 2.24) is 9.97 Å². The lowest BCUT2D eigenvalue weighted by atomic mass is 9.97. The van der Waals surface area contributed by atoms with Gasteiger partial charge in [0.2, 0.25) is 5.95 Å². The Morgan fingerprint density at radius 1 is 1.47 bits per heavy atom. The maximum absolute atomic E-state index is 10.8. The maximum atomic E-state index is 10.8. The van der Waals surface area contributed by atoms with Gasteiger partial charge < -0.3 is 15.7 Å². The predicted octanol–water partition coefficient (Wildman–Crippen LogP) is 0.668. The fraction of sp³-hybridized carbons (Fsp3) is 0.545. The second kappa shape index (κ2) is 4.57. The molecule has 1 saturated heterocycles. The van der Waals surface area contributed by atoms with E-state index in [4.69, 9.17) is 10.8 Å². The number of aliphatic carboxylic acids is 1. The predicted molar refractivity (Wildman–Crippen MR) is 63.8 cm³/mol. The average Bonchev–Trinajstić information content (AvgIpc) is 2.28. The van der Waals surface area contributed by atoms with Crippen LogP contribution < -0.4 is 10.6 Å². The molecule has 0 aliphatic carbocycles. The topological polar surface area (TPSA) is 92.3 Å². The Morgan fingerprint density at radius 3 is 2.65 bits per heavy atom. The van der Waals surface area contributed by atoms with Gasteiger partial charge in [-0.3, -0.25) is 4.79 Å². The van der Waals surface area contributed by atoms with E-state index < -0.39 is 5.97 Å². The first kappa shape index (κ1) is 11.6. The molecule has 3 N–H and O–H groups in total. The van der Waals surface area contributed by atoms with Gasteiger partial charge in [0.15, 0.2) is 0 Å². The molecule has 6 nitrogen and oxygen atoms in total. The lowest BCUT2D eigenvalue weighted by Crippen LogP contribution is -2.36. The van der Waals surface area contributed by atoms with Gasteiger partial charge in [0, 0.05) is 24.8 Å². The number of nitrogens with zero attached hydrogens (tertiary/aromatic N) is 3. The lowest BCUT2D eigenvalue weighted by Gasteiger charge is -2.31. The first-order valence-electron chi connectivity index (χ1n) is 5.65. The van der Waals surface area contributed by atoms with E-state index in [0.717, 1.165) is 11.5 Å². The Kier molecular flexibility index (Phi) is 3.12. The minimum Gasteiger partial charge on any atom is -0.481 e. The molecule has 1 fully saturated rings. The molecule has 0 radical (unpaired) electrons. The number of nitrogens with two attached hydrogens (primary N) is 1. The number of hydrogen-bond acceptors (Lipinski definition) is 5. The number of aromatic nitrogens is 2. The van der Waals surface area contributed by atoms with Crippen LogP contribution >= 0.6 is 0 Å². The van der Waals surface area contributed by atoms with Crippen LogP contribution in [0.15, 0.2) is 6.07 Å². The number of hydrogen-bond donors (Lipinski definition) is 2. The molecule has 2 rings (SSSR count). The summed E-state index contributed by atoms with van der Waals surface area (Å²) in [5.74, 6) is 0.119. The van der Waals surface area contributed by atoms with Crippen LogP contribution in [0.3, 0.4) is 0 Å². The van der Waals surface area contributed by atoms with Gasteiger partial charge >= 0.3 is 5.97 Å². The third-order valence-corrected chi connectivity index (χ3v) is 3.03. The number of nitrogen functional groups attached to an aromatic ring is 1. The molecule has 0 amide bonds. The Morgan fingerprint density at radius 2 is 2.12 bits per heavy atom. The second-order valence-electron chi connectivity index (χ2n) is 4.33. The Bertz CT molecular complexity index is 407. The van der Waals surface area contributed by atoms with Crippen molar-refractivity contribution in [3.05, 3.63) is 11.8 Å². The van der Waals surface area contributed by atoms with Crippen molar-refractivity contribution in [3.63, 3.8) is 0 Å². The van der Waals surface area contributed by atoms with Crippen LogP contribution in [0, 0.1) is 12.8 Å². The zero-order valence-electron chi connectivity index (χ0n) is 9.76. The van der Waals surface area contributed by atoms with Crippen LogP contribution in [0.5, 0.6) is 0 Å². The van der Waals surface area contributed by atoms with E-state index in [1.165, 1.54) is 0 Å². The third kappa shape index (κ3) is 2.64. The molecule has 0 unspecified atom stereocenters. The van der Waals surface area contributed by atoms with Gasteiger partial charge in [-0.15, -0.1) is 0 Å². The van der Waals surface area contributed by atoms with Gasteiger partial charge in [-0.1, -0.05) is 0 Å². The zero-order valence-corrected chi connectivity index (χ0v) is 9.76. The summed E-state index contributed by atoms with van der Waals surface area (Å²) in [6, 6.07) is 1.87. The van der Waals surface area contributed by atoms with Crippen molar-refractivity contribution in [2.24, 2.45) is 5.92 Å². The molecule has 2 heterocycles. The first-order valence-corrected chi connectivity index (χ1v) is 5.65. The van der Waals surface area contributed by atoms with Crippen molar-refractivity contribution in [2.75, 3.05) is 23.7 Å². The molecule has 0 aromatic carbocycles. The van der Waals surface area contributed by atoms with Crippen molar-refractivity contribution >= 4 is 17.7 Å². The number of carbonyl (C=O) groups is 1. The van der Waals surface area contributed by atoms with Crippen LogP contribution in [0.1, 0.15) is 18.5 Å². The van der Waals surface area contributed by atoms with Crippen molar-refractivity contribution in [2.45, 2.75) is 19.8 Å². The van der Waals surface area contributed by atoms with Crippen molar-refractivity contribution < 1.29 is 9.90 Å². The molecule has 17 heavy (non-hydrogen) atoms. The molecule has 1 aliphatic heterocycles. The number of anilines is 2. The largest absolute Gasteiger partial charge is 0.481 e. The summed E-state index contributed by atoms with van der Waals surface area (Å²) in [5, 5.41) is 8.92. The SMILES string of the molecule is Cc1cc(N2CCC(C(=O)O)CC2)nc(N)n1. The Balaban J connectivity index is 2.07. The standard InChI is InChI=1S/C11H16N4O2/c1-7-6-9(14-11(12)13-7)15-4-2-8(3-5-15)10(16)17/h6,8H,2-5H2,1H3,(H,16,17)(H2,12,13,14). The summed E-state index contributed by atoms with van der Waals surface area (Å²) in [6.45, 7) is 3.27. The molecule has 0 spiro atoms. The van der Waals surface area contributed by atoms with E-state index in [1.807, 2.05) is 13.0 Å². The van der Waals surface area contributed by atoms with Crippen LogP contribution in [0.2, 0.25) is 0 Å². The third-order valence-electron chi connectivity index (χ3n) is 3.03. The van der Waals surface area contributed by atoms with Crippen LogP contribution in [0.25, 0.3) is 0 Å². The number of piperidine rings is 1. The Hall–Kier alpha value is -1.85. The van der Waals surface area contributed by atoms with E-state index in [1.54, 1.807) is 0 Å². The normalized spacial score (nSPS) is 17.1. The average molecular weight is 236 g/mol. The van der Waals surface area contributed by atoms with Crippen LogP contribution in [-0.2, 0) is 4.79 Å². The minimum absolute atomic E-state index is 0.230. The highest BCUT2D eigenvalue weighted by molar-refractivity contribution is 5.70. The quantitative estimate of drug-likeness (QED) is 0.784. The van der Waals surface area contributed by atoms with Crippen LogP contribution in [-0.4, -0.2) is 34.1 Å². The van der Waals surface area contributed by atoms with Crippen molar-refractivity contribution in [3.8, 4) is 0 Å². The number of aryl methyl sites for hydroxylation is 1. The van der Waals surface area contributed by atoms with Gasteiger partial charge in [0.05, 0.1) is 5.92 Å². The molecular formula is C11H16N4O2. The molecular weight excluding hydrogens is 220 g/mol. The summed E-state index contributed by atoms with van der Waals surface area (Å²) in [4.78, 5) is 21.1. The Labute approximate surface area is 99.5 Å². The highest BCUT2D eigenvalue weighted by Gasteiger charge is 2.25. The molecule has 0 bridgehead atoms. The lowest BCUT2D eigenvalue weighted by molar-refractivity contribution is -0.142. The summed E-state index contributed by atoms with van der Waals surface area (Å²) in [6.07, 6.45) is 1.30. The molecule has 1 aromatic rings. The van der Waals surface area contributed by atoms with Gasteiger partial charge in [0.1, 0.15) is 5.82 Å². The smallest absolute Gasteiger partial charge is 0.306 e. The molecule has 1 aromatic heterocycles. The van der Waals surface area contributed by atoms with E-state index in [-0.39, 0.29) is 11.9 Å². The second-order valence-corrected chi connectivity index (χ2v) is 4.33. The van der Waals surface area contributed by atoms with Gasteiger partial charge in [-0.2, -0.15) is 4.98 Å². The molecule has 0 saturated carbocycles. The van der Waals surface area contributed by atoms with Crippen molar-refractivity contribution in [1.29, 1.82) is 0 Å². The maximum Gasteiger partial charge on any atom is 0.306 e. The van der Waals surface area contributed by atoms with Gasteiger partial charge in [-0.05, 0) is 19.8 Å². The first-order chi connectivity index (χ1) is 8.06. The van der Waals surface area contributed by atoms with E-state index >= 15 is 0 Å². The monoisotopic (exact) mass is 236 g/mol. The number of carboxylic acid groups (broad SMARTS) is 1. The summed E-state index contributed by atoms with van der Waals surface area (Å²) >= 11 is 0. The van der Waals surface area contributed by atoms with Crippen LogP contribution in [0.4, 0.5) is 11.8 Å². The number of rotatable bonds is 2. The minimum atomic E-state index is -0.706. The summed E-state index contributed by atoms with van der Waals surface area (Å²) in [7, 11) is 0. The van der Waals surface area contributed by atoms with Gasteiger partial charge in [0.25, 0.3) is 0 Å². The molecule has 1 aliphatic rings. The molecule has 6 heteroatoms. The zero-order chi connectivity index (χ0) is 12.4. The fourth-order valence-electron chi connectivity index (χ4n) is 2.09.